The average Bonchev–Trinajstić information content (AvgIpc) is 2.99. The molecular formula is C22H28N4O2. The number of aromatic nitrogens is 2. The maximum Gasteiger partial charge on any atom is 0.223 e. The summed E-state index contributed by atoms with van der Waals surface area (Å²) in [5.41, 5.74) is 3.34. The molecule has 2 aliphatic rings. The molecule has 1 aliphatic carbocycles. The maximum atomic E-state index is 12.7. The molecule has 1 aromatic heterocycles. The molecule has 6 nitrogen and oxygen atoms in total. The van der Waals surface area contributed by atoms with Gasteiger partial charge in [-0.05, 0) is 24.8 Å². The lowest BCUT2D eigenvalue weighted by atomic mass is 9.85. The number of carbonyl (C=O) groups is 2. The van der Waals surface area contributed by atoms with Gasteiger partial charge in [-0.15, -0.1) is 0 Å². The average molecular weight is 380 g/mol. The normalized spacial score (nSPS) is 16.4. The van der Waals surface area contributed by atoms with E-state index in [0.29, 0.717) is 26.1 Å². The highest BCUT2D eigenvalue weighted by atomic mass is 16.2. The lowest BCUT2D eigenvalue weighted by molar-refractivity contribution is -0.132. The van der Waals surface area contributed by atoms with Gasteiger partial charge >= 0.3 is 0 Å². The molecule has 0 radical (unpaired) electrons. The van der Waals surface area contributed by atoms with Crippen molar-refractivity contribution in [2.45, 2.75) is 51.6 Å². The van der Waals surface area contributed by atoms with E-state index in [1.807, 2.05) is 34.7 Å². The van der Waals surface area contributed by atoms with E-state index in [1.54, 1.807) is 0 Å². The summed E-state index contributed by atoms with van der Waals surface area (Å²) in [6.07, 6.45) is 5.24. The monoisotopic (exact) mass is 380 g/mol. The molecule has 28 heavy (non-hydrogen) atoms. The fourth-order valence-corrected chi connectivity index (χ4v) is 3.95. The molecule has 2 aromatic rings. The van der Waals surface area contributed by atoms with Crippen molar-refractivity contribution in [1.29, 1.82) is 0 Å². The highest BCUT2D eigenvalue weighted by Crippen LogP contribution is 2.26. The van der Waals surface area contributed by atoms with E-state index in [-0.39, 0.29) is 17.7 Å². The molecule has 148 valence electrons. The first-order valence-corrected chi connectivity index (χ1v) is 10.2. The summed E-state index contributed by atoms with van der Waals surface area (Å²) >= 11 is 0. The molecule has 0 spiro atoms. The molecule has 1 saturated carbocycles. The number of nitrogens with one attached hydrogen (secondary N) is 1. The Labute approximate surface area is 165 Å². The third kappa shape index (κ3) is 3.96. The second-order valence-corrected chi connectivity index (χ2v) is 7.88. The van der Waals surface area contributed by atoms with Crippen molar-refractivity contribution in [1.82, 2.24) is 19.8 Å². The minimum atomic E-state index is 0.143. The van der Waals surface area contributed by atoms with Gasteiger partial charge in [-0.2, -0.15) is 0 Å². The molecule has 1 fully saturated rings. The Morgan fingerprint density at radius 1 is 1.21 bits per heavy atom. The molecule has 1 N–H and O–H groups in total. The van der Waals surface area contributed by atoms with Crippen molar-refractivity contribution in [2.24, 2.45) is 13.0 Å². The van der Waals surface area contributed by atoms with Crippen molar-refractivity contribution in [3.63, 3.8) is 0 Å². The fourth-order valence-electron chi connectivity index (χ4n) is 3.95. The van der Waals surface area contributed by atoms with Crippen molar-refractivity contribution in [3.05, 3.63) is 53.1 Å². The van der Waals surface area contributed by atoms with Crippen LogP contribution in [-0.4, -0.2) is 32.8 Å². The molecule has 0 atom stereocenters. The molecule has 0 bridgehead atoms. The molecule has 0 saturated heterocycles. The lowest BCUT2D eigenvalue weighted by Crippen LogP contribution is -2.36. The van der Waals surface area contributed by atoms with Crippen LogP contribution in [-0.2, 0) is 42.6 Å². The van der Waals surface area contributed by atoms with Crippen LogP contribution in [0.25, 0.3) is 0 Å². The number of rotatable bonds is 6. The van der Waals surface area contributed by atoms with Gasteiger partial charge < -0.3 is 14.8 Å². The molecule has 1 aromatic carbocycles. The van der Waals surface area contributed by atoms with Gasteiger partial charge in [0.05, 0.1) is 24.5 Å². The SMILES string of the molecule is Cn1c(CNC(=O)C2CCC2)nc2c1CN(C(=O)CCc1ccccc1)CC2. The van der Waals surface area contributed by atoms with Gasteiger partial charge in [-0.25, -0.2) is 4.98 Å². The van der Waals surface area contributed by atoms with Crippen LogP contribution in [0.5, 0.6) is 0 Å². The van der Waals surface area contributed by atoms with Gasteiger partial charge in [-0.3, -0.25) is 9.59 Å². The summed E-state index contributed by atoms with van der Waals surface area (Å²) in [6, 6.07) is 10.1. The van der Waals surface area contributed by atoms with E-state index >= 15 is 0 Å². The van der Waals surface area contributed by atoms with Crippen LogP contribution in [0.15, 0.2) is 30.3 Å². The Morgan fingerprint density at radius 2 is 2.00 bits per heavy atom. The Kier molecular flexibility index (Phi) is 5.46. The summed E-state index contributed by atoms with van der Waals surface area (Å²) in [6.45, 7) is 1.77. The number of carbonyl (C=O) groups excluding carboxylic acids is 2. The fraction of sp³-hybridized carbons (Fsp3) is 0.500. The first-order valence-electron chi connectivity index (χ1n) is 10.2. The second kappa shape index (κ2) is 8.17. The third-order valence-electron chi connectivity index (χ3n) is 6.07. The van der Waals surface area contributed by atoms with Crippen LogP contribution < -0.4 is 5.32 Å². The molecule has 2 heterocycles. The first kappa shape index (κ1) is 18.7. The van der Waals surface area contributed by atoms with Gasteiger partial charge in [0.15, 0.2) is 0 Å². The van der Waals surface area contributed by atoms with Crippen molar-refractivity contribution < 1.29 is 9.59 Å². The highest BCUT2D eigenvalue weighted by Gasteiger charge is 2.27. The number of nitrogens with zero attached hydrogens (tertiary/aromatic N) is 3. The van der Waals surface area contributed by atoms with E-state index in [9.17, 15) is 9.59 Å². The van der Waals surface area contributed by atoms with Crippen LogP contribution in [0.1, 0.15) is 48.5 Å². The van der Waals surface area contributed by atoms with Gasteiger partial charge in [0.1, 0.15) is 5.82 Å². The predicted octanol–water partition coefficient (Wildman–Crippen LogP) is 2.35. The van der Waals surface area contributed by atoms with E-state index in [0.717, 1.165) is 49.3 Å². The van der Waals surface area contributed by atoms with E-state index in [1.165, 1.54) is 5.56 Å². The minimum Gasteiger partial charge on any atom is -0.349 e. The molecule has 1 aliphatic heterocycles. The van der Waals surface area contributed by atoms with Crippen molar-refractivity contribution in [2.75, 3.05) is 6.54 Å². The van der Waals surface area contributed by atoms with Crippen molar-refractivity contribution >= 4 is 11.8 Å². The van der Waals surface area contributed by atoms with Gasteiger partial charge in [0.2, 0.25) is 11.8 Å². The smallest absolute Gasteiger partial charge is 0.223 e. The van der Waals surface area contributed by atoms with E-state index in [2.05, 4.69) is 17.4 Å². The topological polar surface area (TPSA) is 67.2 Å². The summed E-state index contributed by atoms with van der Waals surface area (Å²) in [4.78, 5) is 31.4. The van der Waals surface area contributed by atoms with Crippen LogP contribution in [0.4, 0.5) is 0 Å². The number of amides is 2. The standard InChI is InChI=1S/C22H28N4O2/c1-25-19-15-26(21(27)11-10-16-6-3-2-4-7-16)13-12-18(19)24-20(25)14-23-22(28)17-8-5-9-17/h2-4,6-7,17H,5,8-15H2,1H3,(H,23,28). The van der Waals surface area contributed by atoms with Crippen LogP contribution >= 0.6 is 0 Å². The third-order valence-corrected chi connectivity index (χ3v) is 6.07. The number of hydrogen-bond acceptors (Lipinski definition) is 3. The zero-order valence-electron chi connectivity index (χ0n) is 16.5. The Morgan fingerprint density at radius 3 is 2.71 bits per heavy atom. The van der Waals surface area contributed by atoms with Gasteiger partial charge in [-0.1, -0.05) is 36.8 Å². The summed E-state index contributed by atoms with van der Waals surface area (Å²) in [5, 5.41) is 3.02. The Balaban J connectivity index is 1.34. The Bertz CT molecular complexity index is 855. The van der Waals surface area contributed by atoms with Crippen LogP contribution in [0, 0.1) is 5.92 Å². The van der Waals surface area contributed by atoms with Gasteiger partial charge in [0, 0.05) is 32.4 Å². The zero-order valence-corrected chi connectivity index (χ0v) is 16.5. The zero-order chi connectivity index (χ0) is 19.5. The first-order chi connectivity index (χ1) is 13.6. The maximum absolute atomic E-state index is 12.7. The summed E-state index contributed by atoms with van der Waals surface area (Å²) < 4.78 is 2.05. The lowest BCUT2D eigenvalue weighted by Gasteiger charge is -2.27. The molecule has 0 unspecified atom stereocenters. The van der Waals surface area contributed by atoms with E-state index in [4.69, 9.17) is 4.98 Å². The number of fused-ring (bicyclic) bond motifs is 1. The second-order valence-electron chi connectivity index (χ2n) is 7.88. The number of aryl methyl sites for hydroxylation is 1. The molecule has 4 rings (SSSR count). The van der Waals surface area contributed by atoms with Crippen LogP contribution in [0.3, 0.4) is 0 Å². The Hall–Kier alpha value is -2.63. The molecule has 6 heteroatoms. The van der Waals surface area contributed by atoms with Crippen LogP contribution in [0.2, 0.25) is 0 Å². The summed E-state index contributed by atoms with van der Waals surface area (Å²) in [5.74, 6) is 1.39. The summed E-state index contributed by atoms with van der Waals surface area (Å²) in [7, 11) is 1.98. The quantitative estimate of drug-likeness (QED) is 0.837. The largest absolute Gasteiger partial charge is 0.349 e. The minimum absolute atomic E-state index is 0.143. The highest BCUT2D eigenvalue weighted by molar-refractivity contribution is 5.79. The number of imidazole rings is 1. The molecule has 2 amide bonds. The van der Waals surface area contributed by atoms with Crippen molar-refractivity contribution in [3.8, 4) is 0 Å². The molecular weight excluding hydrogens is 352 g/mol. The van der Waals surface area contributed by atoms with E-state index < -0.39 is 0 Å². The number of hydrogen-bond donors (Lipinski definition) is 1. The predicted molar refractivity (Wildman–Crippen MR) is 106 cm³/mol. The van der Waals surface area contributed by atoms with Gasteiger partial charge in [0.25, 0.3) is 0 Å². The number of benzene rings is 1.